The van der Waals surface area contributed by atoms with Crippen LogP contribution in [0.5, 0.6) is 0 Å². The summed E-state index contributed by atoms with van der Waals surface area (Å²) in [5, 5.41) is 3.64. The van der Waals surface area contributed by atoms with Crippen molar-refractivity contribution in [1.82, 2.24) is 5.32 Å². The van der Waals surface area contributed by atoms with Crippen LogP contribution in [-0.4, -0.2) is 12.6 Å². The molecule has 0 aromatic heterocycles. The van der Waals surface area contributed by atoms with Crippen molar-refractivity contribution in [2.75, 3.05) is 6.54 Å². The highest BCUT2D eigenvalue weighted by atomic mass is 14.9. The molecule has 0 radical (unpaired) electrons. The molecular formula is C14H29N. The third kappa shape index (κ3) is 5.55. The maximum absolute atomic E-state index is 3.64. The Morgan fingerprint density at radius 3 is 2.40 bits per heavy atom. The van der Waals surface area contributed by atoms with Gasteiger partial charge in [-0.25, -0.2) is 0 Å². The molecule has 15 heavy (non-hydrogen) atoms. The fourth-order valence-corrected chi connectivity index (χ4v) is 2.90. The molecule has 1 rings (SSSR count). The standard InChI is InChI=1S/C14H29N/c1-4-15-14(11-12(2)3)10-9-13-7-5-6-8-13/h12-15H,4-11H2,1-3H3. The van der Waals surface area contributed by atoms with Crippen molar-refractivity contribution in [1.29, 1.82) is 0 Å². The van der Waals surface area contributed by atoms with E-state index in [4.69, 9.17) is 0 Å². The van der Waals surface area contributed by atoms with Gasteiger partial charge in [-0.05, 0) is 37.6 Å². The maximum Gasteiger partial charge on any atom is 0.00694 e. The van der Waals surface area contributed by atoms with E-state index in [1.54, 1.807) is 0 Å². The molecule has 0 saturated heterocycles. The van der Waals surface area contributed by atoms with Gasteiger partial charge in [0.2, 0.25) is 0 Å². The van der Waals surface area contributed by atoms with Crippen LogP contribution in [0.3, 0.4) is 0 Å². The predicted octanol–water partition coefficient (Wildman–Crippen LogP) is 3.98. The SMILES string of the molecule is CCNC(CCC1CCCC1)CC(C)C. The highest BCUT2D eigenvalue weighted by Crippen LogP contribution is 2.29. The van der Waals surface area contributed by atoms with Crippen molar-refractivity contribution in [3.63, 3.8) is 0 Å². The molecule has 0 aromatic carbocycles. The van der Waals surface area contributed by atoms with Gasteiger partial charge in [0.1, 0.15) is 0 Å². The van der Waals surface area contributed by atoms with Gasteiger partial charge in [-0.15, -0.1) is 0 Å². The van der Waals surface area contributed by atoms with Crippen LogP contribution in [0.25, 0.3) is 0 Å². The summed E-state index contributed by atoms with van der Waals surface area (Å²) in [4.78, 5) is 0. The third-order valence-electron chi connectivity index (χ3n) is 3.65. The Kier molecular flexibility index (Phi) is 6.31. The van der Waals surface area contributed by atoms with Gasteiger partial charge in [-0.1, -0.05) is 46.5 Å². The summed E-state index contributed by atoms with van der Waals surface area (Å²) < 4.78 is 0. The fraction of sp³-hybridized carbons (Fsp3) is 1.00. The Morgan fingerprint density at radius 2 is 1.87 bits per heavy atom. The Bertz CT molecular complexity index is 147. The predicted molar refractivity (Wildman–Crippen MR) is 68.1 cm³/mol. The van der Waals surface area contributed by atoms with Gasteiger partial charge in [-0.2, -0.15) is 0 Å². The molecule has 90 valence electrons. The number of hydrogen-bond acceptors (Lipinski definition) is 1. The van der Waals surface area contributed by atoms with Gasteiger partial charge in [0.25, 0.3) is 0 Å². The van der Waals surface area contributed by atoms with E-state index in [2.05, 4.69) is 26.1 Å². The summed E-state index contributed by atoms with van der Waals surface area (Å²) in [6.07, 6.45) is 10.2. The first-order chi connectivity index (χ1) is 7.22. The molecule has 0 aromatic rings. The molecule has 1 N–H and O–H groups in total. The van der Waals surface area contributed by atoms with Crippen LogP contribution in [0.2, 0.25) is 0 Å². The van der Waals surface area contributed by atoms with Crippen LogP contribution in [0, 0.1) is 11.8 Å². The van der Waals surface area contributed by atoms with Crippen LogP contribution in [0.15, 0.2) is 0 Å². The van der Waals surface area contributed by atoms with E-state index in [1.807, 2.05) is 0 Å². The summed E-state index contributed by atoms with van der Waals surface area (Å²) >= 11 is 0. The average Bonchev–Trinajstić information content (AvgIpc) is 2.66. The van der Waals surface area contributed by atoms with E-state index in [9.17, 15) is 0 Å². The van der Waals surface area contributed by atoms with Gasteiger partial charge in [-0.3, -0.25) is 0 Å². The van der Waals surface area contributed by atoms with Crippen LogP contribution >= 0.6 is 0 Å². The topological polar surface area (TPSA) is 12.0 Å². The smallest absolute Gasteiger partial charge is 0.00694 e. The van der Waals surface area contributed by atoms with E-state index >= 15 is 0 Å². The van der Waals surface area contributed by atoms with Gasteiger partial charge < -0.3 is 5.32 Å². The zero-order valence-electron chi connectivity index (χ0n) is 10.9. The summed E-state index contributed by atoms with van der Waals surface area (Å²) in [6, 6.07) is 0.774. The monoisotopic (exact) mass is 211 g/mol. The molecule has 1 saturated carbocycles. The fourth-order valence-electron chi connectivity index (χ4n) is 2.90. The zero-order valence-corrected chi connectivity index (χ0v) is 10.9. The minimum Gasteiger partial charge on any atom is -0.314 e. The lowest BCUT2D eigenvalue weighted by Crippen LogP contribution is -2.30. The first-order valence-electron chi connectivity index (χ1n) is 6.95. The van der Waals surface area contributed by atoms with E-state index in [-0.39, 0.29) is 0 Å². The lowest BCUT2D eigenvalue weighted by Gasteiger charge is -2.21. The van der Waals surface area contributed by atoms with Crippen LogP contribution in [0.4, 0.5) is 0 Å². The summed E-state index contributed by atoms with van der Waals surface area (Å²) in [5.41, 5.74) is 0. The highest BCUT2D eigenvalue weighted by molar-refractivity contribution is 4.73. The molecule has 0 spiro atoms. The third-order valence-corrected chi connectivity index (χ3v) is 3.65. The van der Waals surface area contributed by atoms with E-state index in [1.165, 1.54) is 44.9 Å². The quantitative estimate of drug-likeness (QED) is 0.671. The molecule has 1 aliphatic carbocycles. The van der Waals surface area contributed by atoms with Crippen molar-refractivity contribution < 1.29 is 0 Å². The minimum atomic E-state index is 0.774. The molecule has 1 heteroatoms. The number of nitrogens with one attached hydrogen (secondary N) is 1. The molecule has 0 amide bonds. The van der Waals surface area contributed by atoms with Crippen LogP contribution in [-0.2, 0) is 0 Å². The molecule has 0 aliphatic heterocycles. The van der Waals surface area contributed by atoms with E-state index < -0.39 is 0 Å². The van der Waals surface area contributed by atoms with Crippen LogP contribution in [0.1, 0.15) is 65.7 Å². The van der Waals surface area contributed by atoms with Crippen molar-refractivity contribution in [3.05, 3.63) is 0 Å². The van der Waals surface area contributed by atoms with Gasteiger partial charge in [0.15, 0.2) is 0 Å². The molecule has 1 unspecified atom stereocenters. The molecular weight excluding hydrogens is 182 g/mol. The first kappa shape index (κ1) is 13.0. The summed E-state index contributed by atoms with van der Waals surface area (Å²) in [5.74, 6) is 1.89. The Balaban J connectivity index is 2.17. The van der Waals surface area contributed by atoms with Crippen molar-refractivity contribution in [3.8, 4) is 0 Å². The Labute approximate surface area is 96.0 Å². The summed E-state index contributed by atoms with van der Waals surface area (Å²) in [7, 11) is 0. The molecule has 1 atom stereocenters. The first-order valence-corrected chi connectivity index (χ1v) is 6.95. The number of rotatable bonds is 7. The Morgan fingerprint density at radius 1 is 1.20 bits per heavy atom. The molecule has 1 nitrogen and oxygen atoms in total. The maximum atomic E-state index is 3.64. The zero-order chi connectivity index (χ0) is 11.1. The van der Waals surface area contributed by atoms with E-state index in [0.717, 1.165) is 24.4 Å². The van der Waals surface area contributed by atoms with Crippen LogP contribution < -0.4 is 5.32 Å². The largest absolute Gasteiger partial charge is 0.314 e. The average molecular weight is 211 g/mol. The molecule has 1 fully saturated rings. The normalized spacial score (nSPS) is 20.0. The second kappa shape index (κ2) is 7.27. The number of hydrogen-bond donors (Lipinski definition) is 1. The second-order valence-electron chi connectivity index (χ2n) is 5.61. The van der Waals surface area contributed by atoms with Gasteiger partial charge in [0.05, 0.1) is 0 Å². The van der Waals surface area contributed by atoms with Crippen molar-refractivity contribution in [2.24, 2.45) is 11.8 Å². The van der Waals surface area contributed by atoms with Gasteiger partial charge >= 0.3 is 0 Å². The van der Waals surface area contributed by atoms with Crippen molar-refractivity contribution in [2.45, 2.75) is 71.8 Å². The Hall–Kier alpha value is -0.0400. The summed E-state index contributed by atoms with van der Waals surface area (Å²) in [6.45, 7) is 8.02. The molecule has 0 bridgehead atoms. The minimum absolute atomic E-state index is 0.774. The lowest BCUT2D eigenvalue weighted by atomic mass is 9.94. The second-order valence-corrected chi connectivity index (χ2v) is 5.61. The van der Waals surface area contributed by atoms with Gasteiger partial charge in [0, 0.05) is 6.04 Å². The molecule has 1 aliphatic rings. The van der Waals surface area contributed by atoms with Crippen molar-refractivity contribution >= 4 is 0 Å². The highest BCUT2D eigenvalue weighted by Gasteiger charge is 2.17. The van der Waals surface area contributed by atoms with E-state index in [0.29, 0.717) is 0 Å². The molecule has 0 heterocycles. The lowest BCUT2D eigenvalue weighted by molar-refractivity contribution is 0.363.